The van der Waals surface area contributed by atoms with Gasteiger partial charge in [-0.2, -0.15) is 0 Å². The van der Waals surface area contributed by atoms with Gasteiger partial charge in [-0.3, -0.25) is 0 Å². The zero-order valence-corrected chi connectivity index (χ0v) is 10.4. The topological polar surface area (TPSA) is 21.3 Å². The molecule has 0 aliphatic heterocycles. The van der Waals surface area contributed by atoms with Crippen molar-refractivity contribution in [1.29, 1.82) is 0 Å². The van der Waals surface area contributed by atoms with Crippen molar-refractivity contribution in [3.63, 3.8) is 0 Å². The van der Waals surface area contributed by atoms with Gasteiger partial charge in [0.25, 0.3) is 0 Å². The minimum atomic E-state index is 0.282. The lowest BCUT2D eigenvalue weighted by Gasteiger charge is -2.16. The highest BCUT2D eigenvalue weighted by atomic mass is 16.5. The standard InChI is InChI=1S/C14H19NO/c1-5-6-9-16-14-8-7-11(2)10-13(14)12(3)15-4/h7-8,10,12,15H,9H2,1-4H3. The molecule has 1 unspecified atom stereocenters. The molecule has 2 heteroatoms. The lowest BCUT2D eigenvalue weighted by molar-refractivity contribution is 0.361. The van der Waals surface area contributed by atoms with Gasteiger partial charge in [0.15, 0.2) is 0 Å². The van der Waals surface area contributed by atoms with Gasteiger partial charge < -0.3 is 10.1 Å². The lowest BCUT2D eigenvalue weighted by Crippen LogP contribution is -2.14. The number of benzene rings is 1. The molecule has 1 rings (SSSR count). The van der Waals surface area contributed by atoms with Crippen molar-refractivity contribution in [1.82, 2.24) is 5.32 Å². The molecule has 0 spiro atoms. The molecule has 1 N–H and O–H groups in total. The molecule has 2 nitrogen and oxygen atoms in total. The van der Waals surface area contributed by atoms with Crippen LogP contribution in [0.2, 0.25) is 0 Å². The summed E-state index contributed by atoms with van der Waals surface area (Å²) >= 11 is 0. The molecule has 0 fully saturated rings. The summed E-state index contributed by atoms with van der Waals surface area (Å²) in [5.74, 6) is 6.64. The summed E-state index contributed by atoms with van der Waals surface area (Å²) in [6, 6.07) is 6.50. The molecule has 0 amide bonds. The second-order valence-corrected chi connectivity index (χ2v) is 3.77. The smallest absolute Gasteiger partial charge is 0.149 e. The molecule has 1 aromatic carbocycles. The van der Waals surface area contributed by atoms with Gasteiger partial charge in [-0.1, -0.05) is 23.6 Å². The molecule has 0 aromatic heterocycles. The second kappa shape index (κ2) is 6.19. The van der Waals surface area contributed by atoms with Crippen molar-refractivity contribution in [2.75, 3.05) is 13.7 Å². The van der Waals surface area contributed by atoms with Crippen LogP contribution >= 0.6 is 0 Å². The van der Waals surface area contributed by atoms with Gasteiger partial charge in [-0.05, 0) is 33.9 Å². The fourth-order valence-corrected chi connectivity index (χ4v) is 1.48. The van der Waals surface area contributed by atoms with Gasteiger partial charge in [0.05, 0.1) is 0 Å². The quantitative estimate of drug-likeness (QED) is 0.783. The Morgan fingerprint density at radius 1 is 1.44 bits per heavy atom. The van der Waals surface area contributed by atoms with Crippen LogP contribution in [0.25, 0.3) is 0 Å². The highest BCUT2D eigenvalue weighted by Gasteiger charge is 2.09. The van der Waals surface area contributed by atoms with Crippen molar-refractivity contribution >= 4 is 0 Å². The summed E-state index contributed by atoms with van der Waals surface area (Å²) in [6.07, 6.45) is 0. The Bertz CT molecular complexity index is 401. The van der Waals surface area contributed by atoms with Crippen molar-refractivity contribution in [3.8, 4) is 17.6 Å². The number of hydrogen-bond acceptors (Lipinski definition) is 2. The molecule has 1 aromatic rings. The number of ether oxygens (including phenoxy) is 1. The summed E-state index contributed by atoms with van der Waals surface area (Å²) < 4.78 is 5.64. The SMILES string of the molecule is CC#CCOc1ccc(C)cc1C(C)NC. The molecule has 0 saturated carbocycles. The number of aryl methyl sites for hydroxylation is 1. The third kappa shape index (κ3) is 3.29. The average molecular weight is 217 g/mol. The molecular weight excluding hydrogens is 198 g/mol. The third-order valence-corrected chi connectivity index (χ3v) is 2.54. The van der Waals surface area contributed by atoms with Gasteiger partial charge in [-0.15, -0.1) is 5.92 Å². The van der Waals surface area contributed by atoms with Crippen LogP contribution < -0.4 is 10.1 Å². The first-order valence-corrected chi connectivity index (χ1v) is 5.49. The van der Waals surface area contributed by atoms with Crippen LogP contribution in [0.3, 0.4) is 0 Å². The van der Waals surface area contributed by atoms with E-state index in [0.29, 0.717) is 6.61 Å². The third-order valence-electron chi connectivity index (χ3n) is 2.54. The predicted octanol–water partition coefficient (Wildman–Crippen LogP) is 2.68. The Kier molecular flexibility index (Phi) is 4.88. The van der Waals surface area contributed by atoms with E-state index < -0.39 is 0 Å². The highest BCUT2D eigenvalue weighted by molar-refractivity contribution is 5.39. The Balaban J connectivity index is 2.91. The van der Waals surface area contributed by atoms with Crippen LogP contribution in [-0.2, 0) is 0 Å². The summed E-state index contributed by atoms with van der Waals surface area (Å²) in [4.78, 5) is 0. The molecule has 1 atom stereocenters. The van der Waals surface area contributed by atoms with Crippen LogP contribution in [0.5, 0.6) is 5.75 Å². The first-order chi connectivity index (χ1) is 7.69. The highest BCUT2D eigenvalue weighted by Crippen LogP contribution is 2.25. The second-order valence-electron chi connectivity index (χ2n) is 3.77. The number of rotatable bonds is 4. The van der Waals surface area contributed by atoms with E-state index in [1.807, 2.05) is 20.0 Å². The Labute approximate surface area is 98.0 Å². The van der Waals surface area contributed by atoms with E-state index in [4.69, 9.17) is 4.74 Å². The van der Waals surface area contributed by atoms with Crippen LogP contribution in [0.4, 0.5) is 0 Å². The maximum absolute atomic E-state index is 5.64. The predicted molar refractivity (Wildman–Crippen MR) is 67.6 cm³/mol. The Morgan fingerprint density at radius 2 is 2.19 bits per heavy atom. The summed E-state index contributed by atoms with van der Waals surface area (Å²) in [5.41, 5.74) is 2.42. The van der Waals surface area contributed by atoms with E-state index in [1.54, 1.807) is 0 Å². The molecule has 0 heterocycles. The van der Waals surface area contributed by atoms with Crippen molar-refractivity contribution in [2.24, 2.45) is 0 Å². The van der Waals surface area contributed by atoms with E-state index in [-0.39, 0.29) is 6.04 Å². The summed E-state index contributed by atoms with van der Waals surface area (Å²) in [6.45, 7) is 6.47. The van der Waals surface area contributed by atoms with Crippen molar-refractivity contribution in [3.05, 3.63) is 29.3 Å². The largest absolute Gasteiger partial charge is 0.481 e. The zero-order chi connectivity index (χ0) is 12.0. The maximum Gasteiger partial charge on any atom is 0.149 e. The van der Waals surface area contributed by atoms with E-state index in [0.717, 1.165) is 5.75 Å². The fourth-order valence-electron chi connectivity index (χ4n) is 1.48. The van der Waals surface area contributed by atoms with E-state index in [1.165, 1.54) is 11.1 Å². The molecule has 0 aliphatic carbocycles. The van der Waals surface area contributed by atoms with E-state index >= 15 is 0 Å². The van der Waals surface area contributed by atoms with Gasteiger partial charge in [0, 0.05) is 11.6 Å². The van der Waals surface area contributed by atoms with E-state index in [9.17, 15) is 0 Å². The zero-order valence-electron chi connectivity index (χ0n) is 10.4. The van der Waals surface area contributed by atoms with Crippen molar-refractivity contribution < 1.29 is 4.74 Å². The van der Waals surface area contributed by atoms with Gasteiger partial charge in [-0.25, -0.2) is 0 Å². The first kappa shape index (κ1) is 12.6. The van der Waals surface area contributed by atoms with Crippen LogP contribution in [0.1, 0.15) is 31.0 Å². The van der Waals surface area contributed by atoms with E-state index in [2.05, 4.69) is 43.1 Å². The Hall–Kier alpha value is -1.46. The van der Waals surface area contributed by atoms with Crippen LogP contribution in [0.15, 0.2) is 18.2 Å². The maximum atomic E-state index is 5.64. The molecule has 0 radical (unpaired) electrons. The van der Waals surface area contributed by atoms with Crippen LogP contribution in [0, 0.1) is 18.8 Å². The summed E-state index contributed by atoms with van der Waals surface area (Å²) in [5, 5.41) is 3.22. The van der Waals surface area contributed by atoms with Gasteiger partial charge in [0.2, 0.25) is 0 Å². The fraction of sp³-hybridized carbons (Fsp3) is 0.429. The number of hydrogen-bond donors (Lipinski definition) is 1. The normalized spacial score (nSPS) is 11.5. The molecule has 86 valence electrons. The minimum Gasteiger partial charge on any atom is -0.481 e. The monoisotopic (exact) mass is 217 g/mol. The molecular formula is C14H19NO. The number of nitrogens with one attached hydrogen (secondary N) is 1. The molecule has 16 heavy (non-hydrogen) atoms. The molecule has 0 aliphatic rings. The molecule has 0 bridgehead atoms. The first-order valence-electron chi connectivity index (χ1n) is 5.49. The molecule has 0 saturated heterocycles. The van der Waals surface area contributed by atoms with Gasteiger partial charge >= 0.3 is 0 Å². The lowest BCUT2D eigenvalue weighted by atomic mass is 10.0. The minimum absolute atomic E-state index is 0.282. The summed E-state index contributed by atoms with van der Waals surface area (Å²) in [7, 11) is 1.95. The Morgan fingerprint density at radius 3 is 2.81 bits per heavy atom. The van der Waals surface area contributed by atoms with Crippen molar-refractivity contribution in [2.45, 2.75) is 26.8 Å². The van der Waals surface area contributed by atoms with Crippen LogP contribution in [-0.4, -0.2) is 13.7 Å². The average Bonchev–Trinajstić information content (AvgIpc) is 2.30. The van der Waals surface area contributed by atoms with Gasteiger partial charge in [0.1, 0.15) is 12.4 Å².